The molecule has 3 rings (SSSR count). The number of aromatic nitrogens is 4. The number of fused-ring (bicyclic) bond motifs is 1. The Labute approximate surface area is 104 Å². The minimum Gasteiger partial charge on any atom is -0.368 e. The Balaban J connectivity index is 2.29. The van der Waals surface area contributed by atoms with Crippen LogP contribution in [0.3, 0.4) is 0 Å². The van der Waals surface area contributed by atoms with E-state index in [0.29, 0.717) is 5.95 Å². The molecule has 0 aromatic carbocycles. The Hall–Kier alpha value is -2.43. The lowest BCUT2D eigenvalue weighted by Crippen LogP contribution is -1.99. The highest BCUT2D eigenvalue weighted by Gasteiger charge is 2.11. The van der Waals surface area contributed by atoms with E-state index in [1.54, 1.807) is 18.6 Å². The molecular formula is C13H13N5. The fourth-order valence-corrected chi connectivity index (χ4v) is 2.08. The van der Waals surface area contributed by atoms with Gasteiger partial charge in [-0.3, -0.25) is 4.98 Å². The van der Waals surface area contributed by atoms with Crippen molar-refractivity contribution in [2.24, 2.45) is 0 Å². The van der Waals surface area contributed by atoms with Crippen LogP contribution in [0.1, 0.15) is 12.5 Å². The summed E-state index contributed by atoms with van der Waals surface area (Å²) >= 11 is 0. The zero-order valence-corrected chi connectivity index (χ0v) is 10.0. The molecule has 0 aliphatic rings. The van der Waals surface area contributed by atoms with Crippen molar-refractivity contribution >= 4 is 16.9 Å². The number of nitrogen functional groups attached to an aromatic ring is 1. The molecule has 5 heteroatoms. The number of rotatable bonds is 2. The van der Waals surface area contributed by atoms with Crippen molar-refractivity contribution in [3.8, 4) is 11.3 Å². The molecule has 0 aliphatic heterocycles. The van der Waals surface area contributed by atoms with Crippen LogP contribution in [0.25, 0.3) is 22.2 Å². The van der Waals surface area contributed by atoms with Crippen molar-refractivity contribution in [2.75, 3.05) is 5.73 Å². The number of aromatic amines is 1. The molecule has 0 bridgehead atoms. The van der Waals surface area contributed by atoms with Crippen LogP contribution in [-0.2, 0) is 6.42 Å². The molecule has 0 saturated carbocycles. The number of hydrogen-bond acceptors (Lipinski definition) is 4. The third kappa shape index (κ3) is 1.60. The predicted molar refractivity (Wildman–Crippen MR) is 70.9 cm³/mol. The summed E-state index contributed by atoms with van der Waals surface area (Å²) in [7, 11) is 0. The Bertz CT molecular complexity index is 701. The van der Waals surface area contributed by atoms with Crippen LogP contribution in [0.5, 0.6) is 0 Å². The smallest absolute Gasteiger partial charge is 0.220 e. The highest BCUT2D eigenvalue weighted by atomic mass is 15.0. The minimum atomic E-state index is 0.297. The third-order valence-corrected chi connectivity index (χ3v) is 3.00. The van der Waals surface area contributed by atoms with Crippen LogP contribution in [0, 0.1) is 0 Å². The minimum absolute atomic E-state index is 0.297. The molecule has 3 aromatic heterocycles. The highest BCUT2D eigenvalue weighted by molar-refractivity contribution is 5.94. The summed E-state index contributed by atoms with van der Waals surface area (Å²) in [6.07, 6.45) is 8.17. The molecule has 0 saturated heterocycles. The second kappa shape index (κ2) is 4.10. The summed E-state index contributed by atoms with van der Waals surface area (Å²) in [5.74, 6) is 0.297. The molecule has 5 nitrogen and oxygen atoms in total. The first-order valence-electron chi connectivity index (χ1n) is 5.82. The van der Waals surface area contributed by atoms with Crippen molar-refractivity contribution in [1.29, 1.82) is 0 Å². The normalized spacial score (nSPS) is 10.9. The summed E-state index contributed by atoms with van der Waals surface area (Å²) in [6.45, 7) is 2.08. The van der Waals surface area contributed by atoms with E-state index >= 15 is 0 Å². The van der Waals surface area contributed by atoms with E-state index in [1.165, 1.54) is 0 Å². The lowest BCUT2D eigenvalue weighted by Gasteiger charge is -2.05. The van der Waals surface area contributed by atoms with Gasteiger partial charge in [-0.15, -0.1) is 0 Å². The zero-order chi connectivity index (χ0) is 12.5. The largest absolute Gasteiger partial charge is 0.368 e. The van der Waals surface area contributed by atoms with Gasteiger partial charge >= 0.3 is 0 Å². The van der Waals surface area contributed by atoms with Crippen molar-refractivity contribution in [1.82, 2.24) is 19.9 Å². The molecule has 0 spiro atoms. The number of nitrogens with two attached hydrogens (primary N) is 1. The van der Waals surface area contributed by atoms with Gasteiger partial charge in [0.05, 0.1) is 17.4 Å². The van der Waals surface area contributed by atoms with Crippen LogP contribution in [0.15, 0.2) is 30.9 Å². The maximum atomic E-state index is 5.69. The molecule has 3 N–H and O–H groups in total. The standard InChI is InChI=1S/C13H13N5/c1-2-8-5-17-13(14)18-12(8)10-6-16-11-7-15-4-3-9(10)11/h3-7,16H,2H2,1H3,(H2,14,17,18). The van der Waals surface area contributed by atoms with Crippen LogP contribution < -0.4 is 5.73 Å². The summed E-state index contributed by atoms with van der Waals surface area (Å²) < 4.78 is 0. The lowest BCUT2D eigenvalue weighted by atomic mass is 10.1. The van der Waals surface area contributed by atoms with E-state index in [4.69, 9.17) is 5.73 Å². The summed E-state index contributed by atoms with van der Waals surface area (Å²) in [5.41, 5.74) is 9.70. The van der Waals surface area contributed by atoms with Crippen molar-refractivity contribution in [3.05, 3.63) is 36.4 Å². The fourth-order valence-electron chi connectivity index (χ4n) is 2.08. The predicted octanol–water partition coefficient (Wildman–Crippen LogP) is 2.16. The van der Waals surface area contributed by atoms with Gasteiger partial charge in [0, 0.05) is 29.5 Å². The van der Waals surface area contributed by atoms with Crippen LogP contribution >= 0.6 is 0 Å². The molecule has 90 valence electrons. The van der Waals surface area contributed by atoms with E-state index in [0.717, 1.165) is 34.1 Å². The van der Waals surface area contributed by atoms with Gasteiger partial charge in [0.2, 0.25) is 5.95 Å². The fraction of sp³-hybridized carbons (Fsp3) is 0.154. The van der Waals surface area contributed by atoms with Gasteiger partial charge in [-0.05, 0) is 18.1 Å². The first-order valence-corrected chi connectivity index (χ1v) is 5.82. The second-order valence-electron chi connectivity index (χ2n) is 4.08. The first kappa shape index (κ1) is 10.7. The first-order chi connectivity index (χ1) is 8.79. The number of aryl methyl sites for hydroxylation is 1. The van der Waals surface area contributed by atoms with Gasteiger partial charge in [0.1, 0.15) is 0 Å². The van der Waals surface area contributed by atoms with E-state index in [2.05, 4.69) is 26.9 Å². The number of anilines is 1. The van der Waals surface area contributed by atoms with Gasteiger partial charge < -0.3 is 10.7 Å². The van der Waals surface area contributed by atoms with Crippen molar-refractivity contribution in [2.45, 2.75) is 13.3 Å². The number of nitrogens with one attached hydrogen (secondary N) is 1. The summed E-state index contributed by atoms with van der Waals surface area (Å²) in [6, 6.07) is 1.97. The Morgan fingerprint density at radius 1 is 1.33 bits per heavy atom. The van der Waals surface area contributed by atoms with Crippen molar-refractivity contribution < 1.29 is 0 Å². The SMILES string of the molecule is CCc1cnc(N)nc1-c1c[nH]c2cnccc12. The van der Waals surface area contributed by atoms with Crippen LogP contribution in [0.4, 0.5) is 5.95 Å². The number of H-pyrrole nitrogens is 1. The Morgan fingerprint density at radius 3 is 3.06 bits per heavy atom. The van der Waals surface area contributed by atoms with E-state index < -0.39 is 0 Å². The molecule has 0 aliphatic carbocycles. The van der Waals surface area contributed by atoms with Gasteiger partial charge in [-0.2, -0.15) is 0 Å². The Kier molecular flexibility index (Phi) is 2.44. The highest BCUT2D eigenvalue weighted by Crippen LogP contribution is 2.29. The van der Waals surface area contributed by atoms with E-state index in [1.807, 2.05) is 12.3 Å². The number of pyridine rings is 1. The average molecular weight is 239 g/mol. The van der Waals surface area contributed by atoms with Gasteiger partial charge in [0.25, 0.3) is 0 Å². The monoisotopic (exact) mass is 239 g/mol. The van der Waals surface area contributed by atoms with E-state index in [-0.39, 0.29) is 0 Å². The van der Waals surface area contributed by atoms with Gasteiger partial charge in [-0.25, -0.2) is 9.97 Å². The number of hydrogen-bond donors (Lipinski definition) is 2. The lowest BCUT2D eigenvalue weighted by molar-refractivity contribution is 1.06. The quantitative estimate of drug-likeness (QED) is 0.718. The average Bonchev–Trinajstić information content (AvgIpc) is 2.82. The maximum absolute atomic E-state index is 5.69. The molecule has 0 unspecified atom stereocenters. The maximum Gasteiger partial charge on any atom is 0.220 e. The number of nitrogens with zero attached hydrogens (tertiary/aromatic N) is 3. The molecule has 3 heterocycles. The second-order valence-corrected chi connectivity index (χ2v) is 4.08. The topological polar surface area (TPSA) is 80.5 Å². The molecule has 3 aromatic rings. The molecule has 18 heavy (non-hydrogen) atoms. The third-order valence-electron chi connectivity index (χ3n) is 3.00. The van der Waals surface area contributed by atoms with E-state index in [9.17, 15) is 0 Å². The molecule has 0 fully saturated rings. The summed E-state index contributed by atoms with van der Waals surface area (Å²) in [5, 5.41) is 1.10. The van der Waals surface area contributed by atoms with Gasteiger partial charge in [0.15, 0.2) is 0 Å². The zero-order valence-electron chi connectivity index (χ0n) is 10.0. The van der Waals surface area contributed by atoms with Crippen LogP contribution in [0.2, 0.25) is 0 Å². The van der Waals surface area contributed by atoms with Gasteiger partial charge in [-0.1, -0.05) is 6.92 Å². The molecular weight excluding hydrogens is 226 g/mol. The summed E-state index contributed by atoms with van der Waals surface area (Å²) in [4.78, 5) is 15.7. The Morgan fingerprint density at radius 2 is 2.22 bits per heavy atom. The van der Waals surface area contributed by atoms with Crippen LogP contribution in [-0.4, -0.2) is 19.9 Å². The molecule has 0 atom stereocenters. The molecule has 0 radical (unpaired) electrons. The molecule has 0 amide bonds. The van der Waals surface area contributed by atoms with Crippen molar-refractivity contribution in [3.63, 3.8) is 0 Å².